The monoisotopic (exact) mass is 466 g/mol. The summed E-state index contributed by atoms with van der Waals surface area (Å²) in [6.07, 6.45) is -2.90. The highest BCUT2D eigenvalue weighted by Gasteiger charge is 2.33. The highest BCUT2D eigenvalue weighted by molar-refractivity contribution is 5.71. The van der Waals surface area contributed by atoms with E-state index < -0.39 is 11.7 Å². The van der Waals surface area contributed by atoms with E-state index in [1.54, 1.807) is 30.1 Å². The molecule has 0 radical (unpaired) electrons. The van der Waals surface area contributed by atoms with Crippen LogP contribution in [0, 0.1) is 11.3 Å². The van der Waals surface area contributed by atoms with E-state index in [2.05, 4.69) is 21.3 Å². The van der Waals surface area contributed by atoms with Crippen LogP contribution < -0.4 is 4.74 Å². The Labute approximate surface area is 191 Å². The van der Waals surface area contributed by atoms with Crippen LogP contribution in [0.5, 0.6) is 5.75 Å². The minimum Gasteiger partial charge on any atom is -0.497 e. The molecule has 1 aliphatic rings. The van der Waals surface area contributed by atoms with Crippen LogP contribution in [-0.4, -0.2) is 31.4 Å². The predicted octanol–water partition coefficient (Wildman–Crippen LogP) is 4.11. The van der Waals surface area contributed by atoms with Crippen molar-refractivity contribution >= 4 is 0 Å². The van der Waals surface area contributed by atoms with Crippen molar-refractivity contribution in [2.75, 3.05) is 7.11 Å². The Bertz CT molecular complexity index is 1420. The van der Waals surface area contributed by atoms with Gasteiger partial charge in [0.25, 0.3) is 0 Å². The van der Waals surface area contributed by atoms with Gasteiger partial charge in [-0.1, -0.05) is 18.2 Å². The average Bonchev–Trinajstić information content (AvgIpc) is 3.39. The molecule has 1 aliphatic heterocycles. The first-order valence-corrected chi connectivity index (χ1v) is 10.2. The lowest BCUT2D eigenvalue weighted by Gasteiger charge is -2.13. The lowest BCUT2D eigenvalue weighted by molar-refractivity contribution is -0.139. The average molecular weight is 466 g/mol. The molecule has 8 nitrogen and oxygen atoms in total. The summed E-state index contributed by atoms with van der Waals surface area (Å²) in [5, 5.41) is 18.1. The number of fused-ring (bicyclic) bond motifs is 5. The second-order valence-electron chi connectivity index (χ2n) is 7.58. The predicted molar refractivity (Wildman–Crippen MR) is 113 cm³/mol. The van der Waals surface area contributed by atoms with Crippen molar-refractivity contribution in [2.45, 2.75) is 25.9 Å². The van der Waals surface area contributed by atoms with Gasteiger partial charge in [0.1, 0.15) is 24.8 Å². The molecule has 172 valence electrons. The van der Waals surface area contributed by atoms with E-state index in [4.69, 9.17) is 9.47 Å². The Balaban J connectivity index is 1.49. The van der Waals surface area contributed by atoms with E-state index in [9.17, 15) is 18.4 Å². The maximum atomic E-state index is 13.3. The minimum atomic E-state index is -4.47. The molecule has 0 spiro atoms. The summed E-state index contributed by atoms with van der Waals surface area (Å²) in [6.45, 7) is -0.0851. The van der Waals surface area contributed by atoms with Crippen molar-refractivity contribution in [1.82, 2.24) is 24.3 Å². The van der Waals surface area contributed by atoms with E-state index in [-0.39, 0.29) is 31.0 Å². The van der Waals surface area contributed by atoms with E-state index >= 15 is 0 Å². The molecule has 11 heteroatoms. The van der Waals surface area contributed by atoms with Gasteiger partial charge in [0.15, 0.2) is 17.3 Å². The first kappa shape index (κ1) is 21.7. The van der Waals surface area contributed by atoms with E-state index in [1.165, 1.54) is 18.2 Å². The minimum absolute atomic E-state index is 0.0329. The number of imidazole rings is 1. The number of nitrogens with zero attached hydrogens (tertiary/aromatic N) is 6. The molecule has 2 aromatic heterocycles. The maximum Gasteiger partial charge on any atom is 0.416 e. The molecule has 0 saturated heterocycles. The highest BCUT2D eigenvalue weighted by Crippen LogP contribution is 2.35. The van der Waals surface area contributed by atoms with Crippen molar-refractivity contribution < 1.29 is 22.6 Å². The molecular weight excluding hydrogens is 449 g/mol. The van der Waals surface area contributed by atoms with Crippen molar-refractivity contribution in [2.24, 2.45) is 0 Å². The zero-order chi connectivity index (χ0) is 23.9. The molecule has 34 heavy (non-hydrogen) atoms. The maximum absolute atomic E-state index is 13.3. The summed E-state index contributed by atoms with van der Waals surface area (Å²) in [5.74, 6) is 1.54. The third-order valence-electron chi connectivity index (χ3n) is 5.62. The van der Waals surface area contributed by atoms with Gasteiger partial charge in [-0.3, -0.25) is 4.57 Å². The van der Waals surface area contributed by atoms with E-state index in [1.807, 2.05) is 10.6 Å². The summed E-state index contributed by atoms with van der Waals surface area (Å²) in [5.41, 5.74) is 1.65. The number of benzene rings is 2. The molecule has 0 N–H and O–H groups in total. The molecule has 0 aliphatic carbocycles. The number of alkyl halides is 3. The Hall–Kier alpha value is -4.17. The molecule has 0 saturated carbocycles. The summed E-state index contributed by atoms with van der Waals surface area (Å²) in [4.78, 5) is 4.20. The fourth-order valence-electron chi connectivity index (χ4n) is 3.99. The van der Waals surface area contributed by atoms with Crippen LogP contribution in [-0.2, 0) is 30.7 Å². The summed E-state index contributed by atoms with van der Waals surface area (Å²) < 4.78 is 54.4. The van der Waals surface area contributed by atoms with Crippen molar-refractivity contribution in [3.8, 4) is 28.9 Å². The van der Waals surface area contributed by atoms with E-state index in [0.29, 0.717) is 28.7 Å². The zero-order valence-corrected chi connectivity index (χ0v) is 17.9. The largest absolute Gasteiger partial charge is 0.497 e. The Morgan fingerprint density at radius 2 is 1.94 bits per heavy atom. The number of hydrogen-bond acceptors (Lipinski definition) is 6. The SMILES string of the molecule is COc1ccc2c(c1)-c1nnc(COCc3ccccc3C(F)(F)F)n1Cc1c(C#N)ncn1-2. The number of aromatic nitrogens is 5. The van der Waals surface area contributed by atoms with Crippen molar-refractivity contribution in [3.63, 3.8) is 0 Å². The number of rotatable bonds is 5. The lowest BCUT2D eigenvalue weighted by Crippen LogP contribution is -2.12. The first-order valence-electron chi connectivity index (χ1n) is 10.2. The fraction of sp³-hybridized carbons (Fsp3) is 0.217. The van der Waals surface area contributed by atoms with Crippen LogP contribution in [0.3, 0.4) is 0 Å². The first-order chi connectivity index (χ1) is 16.4. The van der Waals surface area contributed by atoms with Crippen LogP contribution in [0.25, 0.3) is 17.1 Å². The van der Waals surface area contributed by atoms with Crippen LogP contribution >= 0.6 is 0 Å². The van der Waals surface area contributed by atoms with Gasteiger partial charge in [0.05, 0.1) is 37.2 Å². The highest BCUT2D eigenvalue weighted by atomic mass is 19.4. The number of ether oxygens (including phenoxy) is 2. The molecule has 3 heterocycles. The van der Waals surface area contributed by atoms with E-state index in [0.717, 1.165) is 11.8 Å². The normalized spacial score (nSPS) is 12.3. The number of hydrogen-bond donors (Lipinski definition) is 0. The standard InChI is InChI=1S/C23H17F3N6O2/c1-33-15-6-7-19-16(8-15)22-30-29-21(31(22)10-20-18(9-27)28-13-32(19)20)12-34-11-14-4-2-3-5-17(14)23(24,25)26/h2-8,13H,10-12H2,1H3. The molecule has 5 rings (SSSR count). The zero-order valence-electron chi connectivity index (χ0n) is 17.9. The van der Waals surface area contributed by atoms with Gasteiger partial charge in [0.2, 0.25) is 0 Å². The molecule has 0 unspecified atom stereocenters. The van der Waals surface area contributed by atoms with Crippen molar-refractivity contribution in [3.05, 3.63) is 77.1 Å². The molecule has 0 bridgehead atoms. The van der Waals surface area contributed by atoms with Gasteiger partial charge < -0.3 is 14.0 Å². The molecule has 0 amide bonds. The summed E-state index contributed by atoms with van der Waals surface area (Å²) >= 11 is 0. The second-order valence-corrected chi connectivity index (χ2v) is 7.58. The molecule has 0 fully saturated rings. The molecule has 4 aromatic rings. The number of nitriles is 1. The number of halogens is 3. The van der Waals surface area contributed by atoms with Crippen LogP contribution in [0.4, 0.5) is 13.2 Å². The van der Waals surface area contributed by atoms with Gasteiger partial charge in [-0.05, 0) is 29.8 Å². The smallest absolute Gasteiger partial charge is 0.416 e. The Kier molecular flexibility index (Phi) is 5.30. The summed E-state index contributed by atoms with van der Waals surface area (Å²) in [7, 11) is 1.55. The quantitative estimate of drug-likeness (QED) is 0.387. The van der Waals surface area contributed by atoms with Crippen LogP contribution in [0.15, 0.2) is 48.8 Å². The summed E-state index contributed by atoms with van der Waals surface area (Å²) in [6, 6.07) is 12.8. The molecule has 0 atom stereocenters. The van der Waals surface area contributed by atoms with Crippen molar-refractivity contribution in [1.29, 1.82) is 5.26 Å². The Morgan fingerprint density at radius 3 is 2.71 bits per heavy atom. The van der Waals surface area contributed by atoms with Gasteiger partial charge in [-0.15, -0.1) is 10.2 Å². The van der Waals surface area contributed by atoms with Crippen LogP contribution in [0.2, 0.25) is 0 Å². The van der Waals surface area contributed by atoms with Gasteiger partial charge >= 0.3 is 6.18 Å². The third kappa shape index (κ3) is 3.68. The number of methoxy groups -OCH3 is 1. The Morgan fingerprint density at radius 1 is 1.12 bits per heavy atom. The fourth-order valence-corrected chi connectivity index (χ4v) is 3.99. The van der Waals surface area contributed by atoms with Crippen LogP contribution in [0.1, 0.15) is 28.3 Å². The third-order valence-corrected chi connectivity index (χ3v) is 5.62. The van der Waals surface area contributed by atoms with Gasteiger partial charge in [-0.25, -0.2) is 4.98 Å². The molecular formula is C23H17F3N6O2. The van der Waals surface area contributed by atoms with Gasteiger partial charge in [0, 0.05) is 5.56 Å². The molecule has 2 aromatic carbocycles. The lowest BCUT2D eigenvalue weighted by atomic mass is 10.1. The second kappa shape index (κ2) is 8.31. The topological polar surface area (TPSA) is 90.8 Å². The van der Waals surface area contributed by atoms with Gasteiger partial charge in [-0.2, -0.15) is 18.4 Å².